The minimum absolute atomic E-state index is 0.0207. The highest BCUT2D eigenvalue weighted by Gasteiger charge is 2.31. The van der Waals surface area contributed by atoms with Crippen molar-refractivity contribution in [2.75, 3.05) is 18.1 Å². The predicted molar refractivity (Wildman–Crippen MR) is 112 cm³/mol. The number of esters is 1. The summed E-state index contributed by atoms with van der Waals surface area (Å²) in [4.78, 5) is 38.8. The van der Waals surface area contributed by atoms with E-state index in [4.69, 9.17) is 21.1 Å². The number of fused-ring (bicyclic) bond motifs is 2. The molecule has 0 aliphatic carbocycles. The van der Waals surface area contributed by atoms with Crippen LogP contribution in [0.4, 0.5) is 5.69 Å². The standard InChI is InChI=1S/C23H22ClNO5/c1-13(22(27)16-3-5-20-15(9-16)7-8-25(20)14(2)26)30-23(28)18-10-17-11-19(24)4-6-21(17)29-12-18/h3-6,9,11,13,18H,7-8,10,12H2,1-2H3/t13-,18-/m0/s1. The number of anilines is 1. The van der Waals surface area contributed by atoms with Gasteiger partial charge in [-0.05, 0) is 67.3 Å². The van der Waals surface area contributed by atoms with Crippen LogP contribution >= 0.6 is 11.6 Å². The Morgan fingerprint density at radius 1 is 1.17 bits per heavy atom. The molecule has 2 aliphatic heterocycles. The Balaban J connectivity index is 1.42. The van der Waals surface area contributed by atoms with E-state index in [1.54, 1.807) is 48.2 Å². The van der Waals surface area contributed by atoms with Crippen molar-refractivity contribution in [3.8, 4) is 5.75 Å². The number of nitrogens with zero attached hydrogens (tertiary/aromatic N) is 1. The van der Waals surface area contributed by atoms with Gasteiger partial charge in [0.05, 0.1) is 5.92 Å². The average Bonchev–Trinajstić information content (AvgIpc) is 3.16. The molecule has 0 aromatic heterocycles. The summed E-state index contributed by atoms with van der Waals surface area (Å²) in [6.45, 7) is 3.91. The molecule has 1 amide bonds. The maximum atomic E-state index is 12.8. The monoisotopic (exact) mass is 427 g/mol. The molecule has 0 spiro atoms. The molecule has 6 nitrogen and oxygen atoms in total. The lowest BCUT2D eigenvalue weighted by Gasteiger charge is -2.25. The van der Waals surface area contributed by atoms with Gasteiger partial charge in [-0.1, -0.05) is 11.6 Å². The molecule has 0 fully saturated rings. The number of carbonyl (C=O) groups excluding carboxylic acids is 3. The quantitative estimate of drug-likeness (QED) is 0.550. The highest BCUT2D eigenvalue weighted by atomic mass is 35.5. The summed E-state index contributed by atoms with van der Waals surface area (Å²) in [6.07, 6.45) is 0.239. The third-order valence-corrected chi connectivity index (χ3v) is 5.80. The number of Topliss-reactive ketones (excluding diaryl/α,β-unsaturated/α-hetero) is 1. The van der Waals surface area contributed by atoms with Crippen LogP contribution in [0.2, 0.25) is 5.02 Å². The van der Waals surface area contributed by atoms with Crippen molar-refractivity contribution < 1.29 is 23.9 Å². The highest BCUT2D eigenvalue weighted by molar-refractivity contribution is 6.30. The molecule has 30 heavy (non-hydrogen) atoms. The number of halogens is 1. The maximum Gasteiger partial charge on any atom is 0.313 e. The Kier molecular flexibility index (Phi) is 5.52. The van der Waals surface area contributed by atoms with Gasteiger partial charge < -0.3 is 14.4 Å². The van der Waals surface area contributed by atoms with Crippen molar-refractivity contribution in [3.63, 3.8) is 0 Å². The van der Waals surface area contributed by atoms with E-state index < -0.39 is 18.0 Å². The van der Waals surface area contributed by atoms with Gasteiger partial charge in [0.2, 0.25) is 11.7 Å². The zero-order chi connectivity index (χ0) is 21.4. The van der Waals surface area contributed by atoms with Crippen molar-refractivity contribution in [2.45, 2.75) is 32.8 Å². The summed E-state index contributed by atoms with van der Waals surface area (Å²) < 4.78 is 11.1. The van der Waals surface area contributed by atoms with Crippen LogP contribution in [0.3, 0.4) is 0 Å². The van der Waals surface area contributed by atoms with E-state index in [2.05, 4.69) is 0 Å². The SMILES string of the molecule is CC(=O)N1CCc2cc(C(=O)[C@H](C)OC(=O)[C@@H]3COc4ccc(Cl)cc4C3)ccc21. The van der Waals surface area contributed by atoms with Crippen LogP contribution < -0.4 is 9.64 Å². The van der Waals surface area contributed by atoms with Gasteiger partial charge in [-0.2, -0.15) is 0 Å². The molecular formula is C23H22ClNO5. The van der Waals surface area contributed by atoms with E-state index in [9.17, 15) is 14.4 Å². The molecule has 4 rings (SSSR count). The highest BCUT2D eigenvalue weighted by Crippen LogP contribution is 2.31. The second kappa shape index (κ2) is 8.11. The van der Waals surface area contributed by atoms with Crippen LogP contribution in [0.5, 0.6) is 5.75 Å². The molecule has 0 bridgehead atoms. The predicted octanol–water partition coefficient (Wildman–Crippen LogP) is 3.61. The number of benzene rings is 2. The minimum atomic E-state index is -0.915. The zero-order valence-electron chi connectivity index (χ0n) is 16.8. The first-order valence-corrected chi connectivity index (χ1v) is 10.3. The van der Waals surface area contributed by atoms with E-state index >= 15 is 0 Å². The molecule has 0 saturated carbocycles. The van der Waals surface area contributed by atoms with Gasteiger partial charge in [0.1, 0.15) is 12.4 Å². The molecule has 2 heterocycles. The molecular weight excluding hydrogens is 406 g/mol. The molecule has 7 heteroatoms. The van der Waals surface area contributed by atoms with Gasteiger partial charge >= 0.3 is 5.97 Å². The van der Waals surface area contributed by atoms with Crippen LogP contribution in [-0.4, -0.2) is 36.9 Å². The van der Waals surface area contributed by atoms with Gasteiger partial charge in [0, 0.05) is 29.7 Å². The minimum Gasteiger partial charge on any atom is -0.492 e. The zero-order valence-corrected chi connectivity index (χ0v) is 17.6. The van der Waals surface area contributed by atoms with Crippen molar-refractivity contribution in [1.29, 1.82) is 0 Å². The van der Waals surface area contributed by atoms with Crippen molar-refractivity contribution in [1.82, 2.24) is 0 Å². The lowest BCUT2D eigenvalue weighted by atomic mass is 9.96. The molecule has 0 saturated heterocycles. The van der Waals surface area contributed by atoms with Crippen molar-refractivity contribution >= 4 is 34.9 Å². The summed E-state index contributed by atoms with van der Waals surface area (Å²) in [7, 11) is 0. The number of hydrogen-bond acceptors (Lipinski definition) is 5. The first-order valence-electron chi connectivity index (χ1n) is 9.90. The molecule has 2 atom stereocenters. The normalized spacial score (nSPS) is 18.1. The van der Waals surface area contributed by atoms with Gasteiger partial charge in [-0.3, -0.25) is 14.4 Å². The molecule has 0 N–H and O–H groups in total. The number of rotatable bonds is 4. The molecule has 2 aromatic carbocycles. The van der Waals surface area contributed by atoms with E-state index in [0.717, 1.165) is 16.8 Å². The second-order valence-corrected chi connectivity index (χ2v) is 8.11. The smallest absolute Gasteiger partial charge is 0.313 e. The first kappa shape index (κ1) is 20.4. The first-order chi connectivity index (χ1) is 14.3. The number of ether oxygens (including phenoxy) is 2. The number of carbonyl (C=O) groups is 3. The third kappa shape index (κ3) is 3.92. The van der Waals surface area contributed by atoms with Crippen LogP contribution in [0, 0.1) is 5.92 Å². The third-order valence-electron chi connectivity index (χ3n) is 5.56. The van der Waals surface area contributed by atoms with E-state index in [0.29, 0.717) is 35.7 Å². The Bertz CT molecular complexity index is 1030. The Hall–Kier alpha value is -2.86. The fourth-order valence-electron chi connectivity index (χ4n) is 3.96. The van der Waals surface area contributed by atoms with Gasteiger partial charge in [-0.15, -0.1) is 0 Å². The topological polar surface area (TPSA) is 72.9 Å². The fourth-order valence-corrected chi connectivity index (χ4v) is 4.15. The Labute approximate surface area is 179 Å². The van der Waals surface area contributed by atoms with Gasteiger partial charge in [-0.25, -0.2) is 0 Å². The Morgan fingerprint density at radius 2 is 1.97 bits per heavy atom. The molecule has 0 radical (unpaired) electrons. The average molecular weight is 428 g/mol. The maximum absolute atomic E-state index is 12.8. The van der Waals surface area contributed by atoms with Crippen LogP contribution in [-0.2, 0) is 27.2 Å². The Morgan fingerprint density at radius 3 is 2.73 bits per heavy atom. The largest absolute Gasteiger partial charge is 0.492 e. The van der Waals surface area contributed by atoms with Crippen molar-refractivity contribution in [3.05, 3.63) is 58.1 Å². The summed E-state index contributed by atoms with van der Waals surface area (Å²) in [6, 6.07) is 10.5. The van der Waals surface area contributed by atoms with Gasteiger partial charge in [0.15, 0.2) is 6.10 Å². The molecule has 0 unspecified atom stereocenters. The second-order valence-electron chi connectivity index (χ2n) is 7.67. The fraction of sp³-hybridized carbons (Fsp3) is 0.348. The summed E-state index contributed by atoms with van der Waals surface area (Å²) >= 11 is 6.03. The summed E-state index contributed by atoms with van der Waals surface area (Å²) in [5.41, 5.74) is 3.10. The van der Waals surface area contributed by atoms with E-state index in [1.165, 1.54) is 6.92 Å². The lowest BCUT2D eigenvalue weighted by molar-refractivity contribution is -0.152. The molecule has 156 valence electrons. The van der Waals surface area contributed by atoms with Gasteiger partial charge in [0.25, 0.3) is 0 Å². The van der Waals surface area contributed by atoms with E-state index in [1.807, 2.05) is 0 Å². The lowest BCUT2D eigenvalue weighted by Crippen LogP contribution is -2.34. The molecule has 2 aliphatic rings. The number of ketones is 1. The molecule has 2 aromatic rings. The summed E-state index contributed by atoms with van der Waals surface area (Å²) in [5.74, 6) is -0.536. The number of amides is 1. The van der Waals surface area contributed by atoms with Crippen LogP contribution in [0.15, 0.2) is 36.4 Å². The number of hydrogen-bond donors (Lipinski definition) is 0. The van der Waals surface area contributed by atoms with Crippen LogP contribution in [0.25, 0.3) is 0 Å². The van der Waals surface area contributed by atoms with Crippen molar-refractivity contribution in [2.24, 2.45) is 5.92 Å². The van der Waals surface area contributed by atoms with Crippen LogP contribution in [0.1, 0.15) is 35.3 Å². The summed E-state index contributed by atoms with van der Waals surface area (Å²) in [5, 5.41) is 0.579. The van der Waals surface area contributed by atoms with E-state index in [-0.39, 0.29) is 18.3 Å².